The minimum absolute atomic E-state index is 0.0291. The van der Waals surface area contributed by atoms with Gasteiger partial charge in [0, 0.05) is 5.56 Å². The molecule has 1 aliphatic heterocycles. The first kappa shape index (κ1) is 38.8. The lowest BCUT2D eigenvalue weighted by Crippen LogP contribution is -2.54. The van der Waals surface area contributed by atoms with E-state index in [0.717, 1.165) is 16.3 Å². The molecule has 2 aromatic heterocycles. The Bertz CT molecular complexity index is 1890. The van der Waals surface area contributed by atoms with Crippen molar-refractivity contribution in [1.29, 1.82) is 0 Å². The van der Waals surface area contributed by atoms with Crippen LogP contribution < -0.4 is 5.56 Å². The van der Waals surface area contributed by atoms with Crippen LogP contribution in [0, 0.1) is 0 Å². The second kappa shape index (κ2) is 13.2. The number of rotatable bonds is 9. The van der Waals surface area contributed by atoms with E-state index in [0.29, 0.717) is 18.1 Å². The third-order valence-electron chi connectivity index (χ3n) is 11.9. The Kier molecular flexibility index (Phi) is 10.2. The van der Waals surface area contributed by atoms with E-state index in [9.17, 15) is 4.79 Å². The van der Waals surface area contributed by atoms with Crippen molar-refractivity contribution in [3.63, 3.8) is 0 Å². The summed E-state index contributed by atoms with van der Waals surface area (Å²) in [4.78, 5) is 26.3. The van der Waals surface area contributed by atoms with Gasteiger partial charge in [-0.3, -0.25) is 9.36 Å². The highest BCUT2D eigenvalue weighted by Crippen LogP contribution is 2.47. The molecule has 0 amide bonds. The number of hydrogen-bond donors (Lipinski definition) is 1. The van der Waals surface area contributed by atoms with Crippen LogP contribution in [0.3, 0.4) is 0 Å². The van der Waals surface area contributed by atoms with Crippen LogP contribution in [-0.2, 0) is 18.0 Å². The fourth-order valence-electron chi connectivity index (χ4n) is 5.55. The first-order valence-corrected chi connectivity index (χ1v) is 26.7. The van der Waals surface area contributed by atoms with E-state index in [4.69, 9.17) is 23.0 Å². The van der Waals surface area contributed by atoms with Crippen molar-refractivity contribution in [3.05, 3.63) is 59.1 Å². The van der Waals surface area contributed by atoms with Crippen molar-refractivity contribution in [2.45, 2.75) is 141 Å². The maximum absolute atomic E-state index is 13.6. The van der Waals surface area contributed by atoms with Gasteiger partial charge in [0.25, 0.3) is 5.56 Å². The Morgan fingerprint density at radius 2 is 1.34 bits per heavy atom. The molecule has 50 heavy (non-hydrogen) atoms. The molecular weight excluding hydrogens is 677 g/mol. The highest BCUT2D eigenvalue weighted by atomic mass is 28.4. The molecule has 0 spiro atoms. The smallest absolute Gasteiger partial charge is 0.279 e. The van der Waals surface area contributed by atoms with Crippen LogP contribution in [0.4, 0.5) is 0 Å². The van der Waals surface area contributed by atoms with E-state index >= 15 is 0 Å². The lowest BCUT2D eigenvalue weighted by atomic mass is 10.0. The number of imidazole rings is 1. The van der Waals surface area contributed by atoms with Gasteiger partial charge in [0.1, 0.15) is 24.1 Å². The fraction of sp³-hybridized carbons (Fsp3) is 0.605. The molecule has 4 atom stereocenters. The summed E-state index contributed by atoms with van der Waals surface area (Å²) in [7, 11) is -6.84. The average molecular weight is 737 g/mol. The second-order valence-electron chi connectivity index (χ2n) is 18.6. The molecule has 1 saturated heterocycles. The largest absolute Gasteiger partial charge is 0.414 e. The molecule has 0 unspecified atom stereocenters. The fourth-order valence-corrected chi connectivity index (χ4v) is 9.17. The summed E-state index contributed by atoms with van der Waals surface area (Å²) in [6.45, 7) is 34.2. The number of nitrogens with zero attached hydrogens (tertiary/aromatic N) is 3. The summed E-state index contributed by atoms with van der Waals surface area (Å²) in [5.41, 5.74) is 1.24. The zero-order valence-corrected chi connectivity index (χ0v) is 36.0. The van der Waals surface area contributed by atoms with Crippen molar-refractivity contribution in [2.24, 2.45) is 0 Å². The molecule has 5 rings (SSSR count). The Hall–Kier alpha value is -2.46. The second-order valence-corrected chi connectivity index (χ2v) is 32.9. The van der Waals surface area contributed by atoms with Crippen LogP contribution in [0.5, 0.6) is 0 Å². The number of hydrogen-bond acceptors (Lipinski definition) is 7. The van der Waals surface area contributed by atoms with Gasteiger partial charge in [0.2, 0.25) is 0 Å². The molecule has 2 aromatic carbocycles. The van der Waals surface area contributed by atoms with Gasteiger partial charge in [-0.15, -0.1) is 0 Å². The molecule has 12 heteroatoms. The Morgan fingerprint density at radius 3 is 1.94 bits per heavy atom. The van der Waals surface area contributed by atoms with Gasteiger partial charge >= 0.3 is 0 Å². The number of nitrogens with one attached hydrogen (secondary N) is 1. The molecule has 4 aromatic rings. The van der Waals surface area contributed by atoms with Crippen molar-refractivity contribution in [1.82, 2.24) is 19.5 Å². The van der Waals surface area contributed by atoms with E-state index in [2.05, 4.69) is 124 Å². The maximum atomic E-state index is 13.6. The van der Waals surface area contributed by atoms with Gasteiger partial charge in [-0.1, -0.05) is 105 Å². The number of benzene rings is 2. The SMILES string of the molecule is CC(C)(C)[Si](C)(C)OC[C@H]1O[C@@H](n2cnc3c(=O)[nH]c(-c4cccc5ccccc45)nc32)[C@H](O[Si](C)(C)C(C)(C)C)[C@@H]1O[Si](C)(C)C(C)(C)C. The van der Waals surface area contributed by atoms with Crippen LogP contribution in [0.1, 0.15) is 68.5 Å². The summed E-state index contributed by atoms with van der Waals surface area (Å²) in [5, 5.41) is 2.00. The Balaban J connectivity index is 1.68. The summed E-state index contributed by atoms with van der Waals surface area (Å²) < 4.78 is 30.5. The number of ether oxygens (including phenoxy) is 1. The van der Waals surface area contributed by atoms with Crippen LogP contribution in [-0.4, -0.2) is 69.4 Å². The highest BCUT2D eigenvalue weighted by molar-refractivity contribution is 6.75. The zero-order chi connectivity index (χ0) is 37.2. The van der Waals surface area contributed by atoms with Crippen molar-refractivity contribution < 1.29 is 18.0 Å². The molecule has 9 nitrogen and oxygen atoms in total. The van der Waals surface area contributed by atoms with Gasteiger partial charge in [-0.05, 0) is 65.2 Å². The van der Waals surface area contributed by atoms with Crippen molar-refractivity contribution in [3.8, 4) is 11.4 Å². The number of aromatic nitrogens is 4. The van der Waals surface area contributed by atoms with Crippen LogP contribution in [0.25, 0.3) is 33.3 Å². The minimum atomic E-state index is -2.38. The normalized spacial score (nSPS) is 21.4. The molecule has 0 radical (unpaired) electrons. The van der Waals surface area contributed by atoms with Crippen molar-refractivity contribution >= 4 is 46.9 Å². The van der Waals surface area contributed by atoms with E-state index in [1.165, 1.54) is 0 Å². The third-order valence-corrected chi connectivity index (χ3v) is 25.4. The number of fused-ring (bicyclic) bond motifs is 2. The third kappa shape index (κ3) is 7.39. The molecule has 0 bridgehead atoms. The highest BCUT2D eigenvalue weighted by Gasteiger charge is 2.55. The van der Waals surface area contributed by atoms with E-state index in [1.807, 2.05) is 34.9 Å². The molecule has 0 aliphatic carbocycles. The molecule has 274 valence electrons. The Labute approximate surface area is 301 Å². The lowest BCUT2D eigenvalue weighted by Gasteiger charge is -2.44. The van der Waals surface area contributed by atoms with Crippen molar-refractivity contribution in [2.75, 3.05) is 6.61 Å². The minimum Gasteiger partial charge on any atom is -0.414 e. The average Bonchev–Trinajstić information content (AvgIpc) is 3.55. The number of aromatic amines is 1. The molecule has 1 fully saturated rings. The predicted octanol–water partition coefficient (Wildman–Crippen LogP) is 9.64. The molecule has 1 N–H and O–H groups in total. The predicted molar refractivity (Wildman–Crippen MR) is 212 cm³/mol. The zero-order valence-electron chi connectivity index (χ0n) is 33.0. The molecule has 1 aliphatic rings. The van der Waals surface area contributed by atoms with Crippen LogP contribution in [0.15, 0.2) is 53.6 Å². The van der Waals surface area contributed by atoms with E-state index in [1.54, 1.807) is 6.33 Å². The Morgan fingerprint density at radius 1 is 0.780 bits per heavy atom. The summed E-state index contributed by atoms with van der Waals surface area (Å²) in [6.07, 6.45) is -0.275. The summed E-state index contributed by atoms with van der Waals surface area (Å²) in [5.74, 6) is 0.479. The van der Waals surface area contributed by atoms with Crippen LogP contribution >= 0.6 is 0 Å². The lowest BCUT2D eigenvalue weighted by molar-refractivity contribution is -0.0470. The summed E-state index contributed by atoms with van der Waals surface area (Å²) >= 11 is 0. The van der Waals surface area contributed by atoms with E-state index < -0.39 is 49.5 Å². The maximum Gasteiger partial charge on any atom is 0.279 e. The quantitative estimate of drug-likeness (QED) is 0.171. The molecule has 0 saturated carbocycles. The van der Waals surface area contributed by atoms with Crippen LogP contribution in [0.2, 0.25) is 54.4 Å². The topological polar surface area (TPSA) is 100 Å². The van der Waals surface area contributed by atoms with Gasteiger partial charge in [0.05, 0.1) is 12.9 Å². The first-order chi connectivity index (χ1) is 22.8. The van der Waals surface area contributed by atoms with E-state index in [-0.39, 0.29) is 26.2 Å². The van der Waals surface area contributed by atoms with Gasteiger partial charge in [0.15, 0.2) is 42.3 Å². The number of H-pyrrole nitrogens is 1. The van der Waals surface area contributed by atoms with Gasteiger partial charge in [-0.25, -0.2) is 9.97 Å². The summed E-state index contributed by atoms with van der Waals surface area (Å²) in [6, 6.07) is 14.1. The van der Waals surface area contributed by atoms with Gasteiger partial charge < -0.3 is 23.0 Å². The molecule has 3 heterocycles. The van der Waals surface area contributed by atoms with Gasteiger partial charge in [-0.2, -0.15) is 0 Å². The first-order valence-electron chi connectivity index (χ1n) is 17.9. The monoisotopic (exact) mass is 736 g/mol. The molecular formula is C38H60N4O5Si3. The standard InChI is InChI=1S/C38H60N4O5Si3/c1-36(2,3)48(10,11)44-23-28-30(46-49(12,13)37(4,5)6)31(47-50(14,15)38(7,8)9)35(45-28)42-24-39-29-33(42)40-32(41-34(29)43)27-22-18-20-25-19-16-17-21-26(25)27/h16-22,24,28,30-31,35H,23H2,1-15H3,(H,40,41,43)/t28-,30-,31-,35-/m1/s1.